The van der Waals surface area contributed by atoms with Crippen LogP contribution >= 0.6 is 0 Å². The fraction of sp³-hybridized carbons (Fsp3) is 0.0909. The van der Waals surface area contributed by atoms with Gasteiger partial charge >= 0.3 is 0 Å². The molecule has 0 saturated heterocycles. The molecule has 5 nitrogen and oxygen atoms in total. The lowest BCUT2D eigenvalue weighted by Crippen LogP contribution is -2.23. The van der Waals surface area contributed by atoms with E-state index in [4.69, 9.17) is 0 Å². The number of amides is 1. The van der Waals surface area contributed by atoms with Gasteiger partial charge < -0.3 is 5.32 Å². The van der Waals surface area contributed by atoms with Gasteiger partial charge in [0.1, 0.15) is 0 Å². The Morgan fingerprint density at radius 3 is 2.74 bits per heavy atom. The van der Waals surface area contributed by atoms with Crippen LogP contribution < -0.4 is 5.32 Å². The molecule has 0 unspecified atom stereocenters. The molecule has 0 atom stereocenters. The standard InChI is InChI=1S/C22H18N4O/c1-15-8-11-24-20-7-6-16(12-19(15)20)22(27)26-14-18-5-3-10-25-21(18)17-4-2-9-23-13-17/h2-13H,14H2,1H3,(H,26,27). The molecule has 3 heterocycles. The Kier molecular flexibility index (Phi) is 4.58. The molecule has 4 aromatic rings. The van der Waals surface area contributed by atoms with Crippen LogP contribution in [0.2, 0.25) is 0 Å². The van der Waals surface area contributed by atoms with Crippen LogP contribution in [0.15, 0.2) is 73.3 Å². The van der Waals surface area contributed by atoms with Crippen LogP contribution in [0.1, 0.15) is 21.5 Å². The highest BCUT2D eigenvalue weighted by atomic mass is 16.1. The molecule has 0 saturated carbocycles. The highest BCUT2D eigenvalue weighted by Gasteiger charge is 2.11. The maximum absolute atomic E-state index is 12.7. The molecule has 0 spiro atoms. The molecule has 27 heavy (non-hydrogen) atoms. The number of carbonyl (C=O) groups is 1. The average molecular weight is 354 g/mol. The van der Waals surface area contributed by atoms with Crippen LogP contribution in [0.5, 0.6) is 0 Å². The van der Waals surface area contributed by atoms with Crippen LogP contribution in [0.3, 0.4) is 0 Å². The number of nitrogens with one attached hydrogen (secondary N) is 1. The van der Waals surface area contributed by atoms with Gasteiger partial charge in [0.05, 0.1) is 11.2 Å². The van der Waals surface area contributed by atoms with Crippen molar-refractivity contribution in [1.82, 2.24) is 20.3 Å². The predicted molar refractivity (Wildman–Crippen MR) is 105 cm³/mol. The summed E-state index contributed by atoms with van der Waals surface area (Å²) in [6.45, 7) is 2.41. The number of hydrogen-bond acceptors (Lipinski definition) is 4. The zero-order chi connectivity index (χ0) is 18.6. The molecule has 132 valence electrons. The second kappa shape index (κ2) is 7.33. The van der Waals surface area contributed by atoms with Crippen molar-refractivity contribution < 1.29 is 4.79 Å². The number of hydrogen-bond donors (Lipinski definition) is 1. The van der Waals surface area contributed by atoms with E-state index in [1.165, 1.54) is 0 Å². The van der Waals surface area contributed by atoms with Crippen molar-refractivity contribution in [3.63, 3.8) is 0 Å². The van der Waals surface area contributed by atoms with Crippen molar-refractivity contribution in [1.29, 1.82) is 0 Å². The van der Waals surface area contributed by atoms with E-state index < -0.39 is 0 Å². The van der Waals surface area contributed by atoms with Crippen LogP contribution in [0.4, 0.5) is 0 Å². The molecular formula is C22H18N4O. The summed E-state index contributed by atoms with van der Waals surface area (Å²) in [6.07, 6.45) is 7.02. The van der Waals surface area contributed by atoms with Gasteiger partial charge in [-0.05, 0) is 60.5 Å². The Morgan fingerprint density at radius 1 is 1.00 bits per heavy atom. The number of aromatic nitrogens is 3. The molecule has 5 heteroatoms. The van der Waals surface area contributed by atoms with E-state index in [0.29, 0.717) is 12.1 Å². The fourth-order valence-electron chi connectivity index (χ4n) is 3.05. The fourth-order valence-corrected chi connectivity index (χ4v) is 3.05. The molecule has 3 aromatic heterocycles. The average Bonchev–Trinajstić information content (AvgIpc) is 2.73. The molecule has 0 bridgehead atoms. The topological polar surface area (TPSA) is 67.8 Å². The molecular weight excluding hydrogens is 336 g/mol. The summed E-state index contributed by atoms with van der Waals surface area (Å²) in [4.78, 5) is 25.6. The quantitative estimate of drug-likeness (QED) is 0.603. The van der Waals surface area contributed by atoms with Crippen LogP contribution in [0.25, 0.3) is 22.2 Å². The second-order valence-corrected chi connectivity index (χ2v) is 6.30. The van der Waals surface area contributed by atoms with Gasteiger partial charge in [0.2, 0.25) is 0 Å². The Morgan fingerprint density at radius 2 is 1.89 bits per heavy atom. The zero-order valence-corrected chi connectivity index (χ0v) is 14.9. The van der Waals surface area contributed by atoms with Gasteiger partial charge in [0, 0.05) is 47.8 Å². The number of benzene rings is 1. The molecule has 1 N–H and O–H groups in total. The van der Waals surface area contributed by atoms with Crippen LogP contribution in [-0.4, -0.2) is 20.9 Å². The Hall–Kier alpha value is -3.60. The van der Waals surface area contributed by atoms with E-state index in [1.54, 1.807) is 30.9 Å². The number of aryl methyl sites for hydroxylation is 1. The smallest absolute Gasteiger partial charge is 0.251 e. The largest absolute Gasteiger partial charge is 0.348 e. The molecule has 0 radical (unpaired) electrons. The first-order chi connectivity index (χ1) is 13.2. The summed E-state index contributed by atoms with van der Waals surface area (Å²) in [5.41, 5.74) is 5.29. The molecule has 0 aliphatic rings. The summed E-state index contributed by atoms with van der Waals surface area (Å²) in [7, 11) is 0. The molecule has 0 fully saturated rings. The van der Waals surface area contributed by atoms with E-state index in [-0.39, 0.29) is 5.91 Å². The first-order valence-corrected chi connectivity index (χ1v) is 8.70. The monoisotopic (exact) mass is 354 g/mol. The van der Waals surface area contributed by atoms with Gasteiger partial charge in [-0.1, -0.05) is 6.07 Å². The lowest BCUT2D eigenvalue weighted by molar-refractivity contribution is 0.0951. The number of pyridine rings is 3. The maximum atomic E-state index is 12.7. The van der Waals surface area contributed by atoms with Crippen molar-refractivity contribution >= 4 is 16.8 Å². The summed E-state index contributed by atoms with van der Waals surface area (Å²) < 4.78 is 0. The van der Waals surface area contributed by atoms with Crippen molar-refractivity contribution in [3.8, 4) is 11.3 Å². The van der Waals surface area contributed by atoms with Crippen molar-refractivity contribution in [2.45, 2.75) is 13.5 Å². The first-order valence-electron chi connectivity index (χ1n) is 8.70. The molecule has 1 aromatic carbocycles. The zero-order valence-electron chi connectivity index (χ0n) is 14.9. The van der Waals surface area contributed by atoms with Gasteiger partial charge in [0.15, 0.2) is 0 Å². The van der Waals surface area contributed by atoms with Crippen molar-refractivity contribution in [2.24, 2.45) is 0 Å². The van der Waals surface area contributed by atoms with Crippen LogP contribution in [0, 0.1) is 6.92 Å². The highest BCUT2D eigenvalue weighted by Crippen LogP contribution is 2.21. The van der Waals surface area contributed by atoms with Crippen molar-refractivity contribution in [3.05, 3.63) is 90.0 Å². The van der Waals surface area contributed by atoms with Gasteiger partial charge in [-0.2, -0.15) is 0 Å². The molecule has 0 aliphatic heterocycles. The van der Waals surface area contributed by atoms with E-state index >= 15 is 0 Å². The third-order valence-electron chi connectivity index (χ3n) is 4.49. The first kappa shape index (κ1) is 16.8. The number of fused-ring (bicyclic) bond motifs is 1. The van der Waals surface area contributed by atoms with Gasteiger partial charge in [0.25, 0.3) is 5.91 Å². The van der Waals surface area contributed by atoms with Crippen LogP contribution in [-0.2, 0) is 6.54 Å². The van der Waals surface area contributed by atoms with E-state index in [1.807, 2.05) is 49.4 Å². The third kappa shape index (κ3) is 3.53. The summed E-state index contributed by atoms with van der Waals surface area (Å²) in [5, 5.41) is 3.98. The van der Waals surface area contributed by atoms with Crippen molar-refractivity contribution in [2.75, 3.05) is 0 Å². The third-order valence-corrected chi connectivity index (χ3v) is 4.49. The van der Waals surface area contributed by atoms with E-state index in [0.717, 1.165) is 33.3 Å². The lowest BCUT2D eigenvalue weighted by Gasteiger charge is -2.10. The minimum absolute atomic E-state index is 0.124. The lowest BCUT2D eigenvalue weighted by atomic mass is 10.1. The molecule has 0 aliphatic carbocycles. The maximum Gasteiger partial charge on any atom is 0.251 e. The molecule has 4 rings (SSSR count). The number of rotatable bonds is 4. The summed E-state index contributed by atoms with van der Waals surface area (Å²) in [5.74, 6) is -0.124. The normalized spacial score (nSPS) is 10.7. The second-order valence-electron chi connectivity index (χ2n) is 6.30. The van der Waals surface area contributed by atoms with Gasteiger partial charge in [-0.15, -0.1) is 0 Å². The SMILES string of the molecule is Cc1ccnc2ccc(C(=O)NCc3cccnc3-c3cccnc3)cc12. The number of carbonyl (C=O) groups excluding carboxylic acids is 1. The van der Waals surface area contributed by atoms with E-state index in [2.05, 4.69) is 20.3 Å². The Balaban J connectivity index is 1.56. The predicted octanol–water partition coefficient (Wildman–Crippen LogP) is 3.93. The molecule has 1 amide bonds. The van der Waals surface area contributed by atoms with Gasteiger partial charge in [-0.3, -0.25) is 19.7 Å². The Labute approximate surface area is 157 Å². The minimum atomic E-state index is -0.124. The Bertz CT molecular complexity index is 1110. The summed E-state index contributed by atoms with van der Waals surface area (Å²) >= 11 is 0. The highest BCUT2D eigenvalue weighted by molar-refractivity contribution is 5.98. The number of nitrogens with zero attached hydrogens (tertiary/aromatic N) is 3. The minimum Gasteiger partial charge on any atom is -0.348 e. The van der Waals surface area contributed by atoms with E-state index in [9.17, 15) is 4.79 Å². The summed E-state index contributed by atoms with van der Waals surface area (Å²) in [6, 6.07) is 15.2. The van der Waals surface area contributed by atoms with Gasteiger partial charge in [-0.25, -0.2) is 0 Å².